The van der Waals surface area contributed by atoms with Crippen LogP contribution in [0.5, 0.6) is 0 Å². The van der Waals surface area contributed by atoms with Gasteiger partial charge in [-0.1, -0.05) is 60.7 Å². The molecule has 27 heavy (non-hydrogen) atoms. The second kappa shape index (κ2) is 8.85. The van der Waals surface area contributed by atoms with Crippen LogP contribution in [0.1, 0.15) is 28.6 Å². The Morgan fingerprint density at radius 2 is 1.44 bits per heavy atom. The lowest BCUT2D eigenvalue weighted by Gasteiger charge is -2.26. The standard InChI is InChI=1S/C22H21NO4/c1-17(27-22(25)20-13-8-14-26-20)21(24)23(15-18-9-4-2-5-10-18)16-19-11-6-3-7-12-19/h2-14,17H,15-16H2,1H3/t17-/m0/s1. The molecule has 0 aliphatic carbocycles. The molecule has 138 valence electrons. The maximum absolute atomic E-state index is 13.0. The van der Waals surface area contributed by atoms with E-state index in [-0.39, 0.29) is 11.7 Å². The summed E-state index contributed by atoms with van der Waals surface area (Å²) in [6.07, 6.45) is 0.468. The van der Waals surface area contributed by atoms with E-state index in [0.717, 1.165) is 11.1 Å². The molecule has 0 saturated carbocycles. The van der Waals surface area contributed by atoms with Crippen molar-refractivity contribution in [3.05, 3.63) is 95.9 Å². The number of hydrogen-bond acceptors (Lipinski definition) is 4. The van der Waals surface area contributed by atoms with E-state index in [4.69, 9.17) is 9.15 Å². The van der Waals surface area contributed by atoms with Gasteiger partial charge in [0.1, 0.15) is 0 Å². The number of nitrogens with zero attached hydrogens (tertiary/aromatic N) is 1. The van der Waals surface area contributed by atoms with Gasteiger partial charge < -0.3 is 14.1 Å². The number of rotatable bonds is 7. The lowest BCUT2D eigenvalue weighted by molar-refractivity contribution is -0.141. The summed E-state index contributed by atoms with van der Waals surface area (Å²) in [4.78, 5) is 26.7. The van der Waals surface area contributed by atoms with Gasteiger partial charge in [-0.3, -0.25) is 4.79 Å². The highest BCUT2D eigenvalue weighted by Gasteiger charge is 2.25. The van der Waals surface area contributed by atoms with Gasteiger partial charge in [-0.15, -0.1) is 0 Å². The summed E-state index contributed by atoms with van der Waals surface area (Å²) in [6, 6.07) is 22.5. The largest absolute Gasteiger partial charge is 0.457 e. The van der Waals surface area contributed by atoms with Gasteiger partial charge in [0.15, 0.2) is 6.10 Å². The van der Waals surface area contributed by atoms with Crippen molar-refractivity contribution in [1.29, 1.82) is 0 Å². The topological polar surface area (TPSA) is 59.8 Å². The van der Waals surface area contributed by atoms with E-state index in [1.807, 2.05) is 60.7 Å². The lowest BCUT2D eigenvalue weighted by atomic mass is 10.1. The smallest absolute Gasteiger partial charge is 0.374 e. The zero-order valence-corrected chi connectivity index (χ0v) is 15.1. The molecule has 0 saturated heterocycles. The van der Waals surface area contributed by atoms with Crippen LogP contribution in [0.4, 0.5) is 0 Å². The van der Waals surface area contributed by atoms with Crippen molar-refractivity contribution in [3.8, 4) is 0 Å². The Bertz CT molecular complexity index is 818. The van der Waals surface area contributed by atoms with Crippen LogP contribution < -0.4 is 0 Å². The highest BCUT2D eigenvalue weighted by atomic mass is 16.6. The Hall–Kier alpha value is -3.34. The highest BCUT2D eigenvalue weighted by molar-refractivity contribution is 5.90. The van der Waals surface area contributed by atoms with E-state index in [2.05, 4.69) is 0 Å². The summed E-state index contributed by atoms with van der Waals surface area (Å²) in [6.45, 7) is 2.43. The molecule has 5 heteroatoms. The average Bonchev–Trinajstić information content (AvgIpc) is 3.23. The summed E-state index contributed by atoms with van der Waals surface area (Å²) < 4.78 is 10.3. The summed E-state index contributed by atoms with van der Waals surface area (Å²) in [5.74, 6) is -0.838. The predicted molar refractivity (Wildman–Crippen MR) is 101 cm³/mol. The third kappa shape index (κ3) is 5.07. The van der Waals surface area contributed by atoms with Crippen molar-refractivity contribution in [2.75, 3.05) is 0 Å². The molecule has 0 spiro atoms. The van der Waals surface area contributed by atoms with Crippen molar-refractivity contribution in [2.45, 2.75) is 26.1 Å². The minimum atomic E-state index is -0.921. The maximum atomic E-state index is 13.0. The van der Waals surface area contributed by atoms with Crippen LogP contribution in [-0.4, -0.2) is 22.9 Å². The van der Waals surface area contributed by atoms with Gasteiger partial charge in [0.05, 0.1) is 6.26 Å². The van der Waals surface area contributed by atoms with Gasteiger partial charge in [0, 0.05) is 13.1 Å². The molecule has 0 N–H and O–H groups in total. The predicted octanol–water partition coefficient (Wildman–Crippen LogP) is 4.05. The molecule has 2 aromatic carbocycles. The summed E-state index contributed by atoms with van der Waals surface area (Å²) in [5, 5.41) is 0. The van der Waals surface area contributed by atoms with E-state index < -0.39 is 12.1 Å². The molecule has 0 bridgehead atoms. The van der Waals surface area contributed by atoms with Crippen LogP contribution in [0.25, 0.3) is 0 Å². The van der Waals surface area contributed by atoms with Crippen molar-refractivity contribution in [3.63, 3.8) is 0 Å². The Morgan fingerprint density at radius 1 is 0.889 bits per heavy atom. The Balaban J connectivity index is 1.73. The first kappa shape index (κ1) is 18.5. The fraction of sp³-hybridized carbons (Fsp3) is 0.182. The van der Waals surface area contributed by atoms with Crippen molar-refractivity contribution in [1.82, 2.24) is 4.90 Å². The van der Waals surface area contributed by atoms with Crippen LogP contribution in [-0.2, 0) is 22.6 Å². The lowest BCUT2D eigenvalue weighted by Crippen LogP contribution is -2.39. The van der Waals surface area contributed by atoms with Crippen molar-refractivity contribution >= 4 is 11.9 Å². The second-order valence-electron chi connectivity index (χ2n) is 6.19. The Labute approximate surface area is 158 Å². The minimum absolute atomic E-state index is 0.0762. The van der Waals surface area contributed by atoms with E-state index in [1.165, 1.54) is 12.3 Å². The highest BCUT2D eigenvalue weighted by Crippen LogP contribution is 2.14. The molecule has 3 rings (SSSR count). The fourth-order valence-electron chi connectivity index (χ4n) is 2.74. The first-order chi connectivity index (χ1) is 13.1. The van der Waals surface area contributed by atoms with Crippen LogP contribution in [0.15, 0.2) is 83.5 Å². The zero-order chi connectivity index (χ0) is 19.1. The maximum Gasteiger partial charge on any atom is 0.374 e. The average molecular weight is 363 g/mol. The number of esters is 1. The summed E-state index contributed by atoms with van der Waals surface area (Å²) >= 11 is 0. The van der Waals surface area contributed by atoms with E-state index in [0.29, 0.717) is 13.1 Å². The summed E-state index contributed by atoms with van der Waals surface area (Å²) in [7, 11) is 0. The molecular weight excluding hydrogens is 342 g/mol. The van der Waals surface area contributed by atoms with E-state index in [1.54, 1.807) is 17.9 Å². The normalized spacial score (nSPS) is 11.6. The van der Waals surface area contributed by atoms with Crippen LogP contribution in [0.2, 0.25) is 0 Å². The Morgan fingerprint density at radius 3 is 1.93 bits per heavy atom. The van der Waals surface area contributed by atoms with Gasteiger partial charge in [-0.2, -0.15) is 0 Å². The molecule has 0 aliphatic rings. The molecule has 0 aliphatic heterocycles. The number of carbonyl (C=O) groups excluding carboxylic acids is 2. The molecule has 1 aromatic heterocycles. The van der Waals surface area contributed by atoms with Crippen molar-refractivity contribution in [2.24, 2.45) is 0 Å². The van der Waals surface area contributed by atoms with Crippen LogP contribution in [0, 0.1) is 0 Å². The molecule has 0 radical (unpaired) electrons. The minimum Gasteiger partial charge on any atom is -0.457 e. The van der Waals surface area contributed by atoms with E-state index >= 15 is 0 Å². The molecule has 5 nitrogen and oxygen atoms in total. The second-order valence-corrected chi connectivity index (χ2v) is 6.19. The van der Waals surface area contributed by atoms with Crippen LogP contribution >= 0.6 is 0 Å². The third-order valence-corrected chi connectivity index (χ3v) is 4.10. The third-order valence-electron chi connectivity index (χ3n) is 4.10. The van der Waals surface area contributed by atoms with Crippen LogP contribution in [0.3, 0.4) is 0 Å². The first-order valence-electron chi connectivity index (χ1n) is 8.74. The fourth-order valence-corrected chi connectivity index (χ4v) is 2.74. The number of amides is 1. The SMILES string of the molecule is C[C@H](OC(=O)c1ccco1)C(=O)N(Cc1ccccc1)Cc1ccccc1. The molecule has 1 amide bonds. The number of ether oxygens (including phenoxy) is 1. The van der Waals surface area contributed by atoms with E-state index in [9.17, 15) is 9.59 Å². The number of carbonyl (C=O) groups is 2. The molecule has 0 unspecified atom stereocenters. The molecular formula is C22H21NO4. The molecule has 3 aromatic rings. The van der Waals surface area contributed by atoms with Gasteiger partial charge in [-0.05, 0) is 30.2 Å². The van der Waals surface area contributed by atoms with Gasteiger partial charge in [0.25, 0.3) is 5.91 Å². The summed E-state index contributed by atoms with van der Waals surface area (Å²) in [5.41, 5.74) is 2.01. The number of furan rings is 1. The molecule has 0 fully saturated rings. The van der Waals surface area contributed by atoms with Gasteiger partial charge in [0.2, 0.25) is 5.76 Å². The van der Waals surface area contributed by atoms with Crippen molar-refractivity contribution < 1.29 is 18.7 Å². The van der Waals surface area contributed by atoms with Gasteiger partial charge in [-0.25, -0.2) is 4.79 Å². The molecule has 1 heterocycles. The van der Waals surface area contributed by atoms with Gasteiger partial charge >= 0.3 is 5.97 Å². The quantitative estimate of drug-likeness (QED) is 0.594. The first-order valence-corrected chi connectivity index (χ1v) is 8.74. The Kier molecular flexibility index (Phi) is 6.05. The number of benzene rings is 2. The monoisotopic (exact) mass is 363 g/mol. The molecule has 1 atom stereocenters. The zero-order valence-electron chi connectivity index (χ0n) is 15.1. The number of hydrogen-bond donors (Lipinski definition) is 0.